The number of hydrogen-bond acceptors (Lipinski definition) is 3. The first-order chi connectivity index (χ1) is 10.1. The lowest BCUT2D eigenvalue weighted by Gasteiger charge is -2.43. The van der Waals surface area contributed by atoms with E-state index >= 15 is 0 Å². The number of fused-ring (bicyclic) bond motifs is 2. The molecule has 1 aromatic rings. The van der Waals surface area contributed by atoms with Gasteiger partial charge in [-0.1, -0.05) is 13.3 Å². The van der Waals surface area contributed by atoms with Crippen LogP contribution in [0.15, 0.2) is 6.20 Å². The largest absolute Gasteiger partial charge is 0.327 e. The molecule has 2 atom stereocenters. The van der Waals surface area contributed by atoms with Gasteiger partial charge in [0, 0.05) is 25.2 Å². The summed E-state index contributed by atoms with van der Waals surface area (Å²) < 4.78 is 1.76. The molecule has 3 N–H and O–H groups in total. The highest BCUT2D eigenvalue weighted by Gasteiger charge is 2.40. The van der Waals surface area contributed by atoms with Crippen LogP contribution >= 0.6 is 0 Å². The average Bonchev–Trinajstić information content (AvgIpc) is 2.78. The number of carbonyl (C=O) groups excluding carboxylic acids is 1. The van der Waals surface area contributed by atoms with Gasteiger partial charge in [-0.2, -0.15) is 5.10 Å². The molecule has 1 heterocycles. The Morgan fingerprint density at radius 2 is 2.10 bits per heavy atom. The van der Waals surface area contributed by atoms with E-state index in [9.17, 15) is 4.79 Å². The van der Waals surface area contributed by atoms with Crippen LogP contribution in [0.2, 0.25) is 0 Å². The monoisotopic (exact) mass is 290 g/mol. The fraction of sp³-hybridized carbons (Fsp3) is 0.750. The number of nitrogens with two attached hydrogens (primary N) is 1. The summed E-state index contributed by atoms with van der Waals surface area (Å²) >= 11 is 0. The van der Waals surface area contributed by atoms with Crippen LogP contribution in [0, 0.1) is 17.8 Å². The second-order valence-electron chi connectivity index (χ2n) is 6.70. The lowest BCUT2D eigenvalue weighted by molar-refractivity contribution is -0.122. The minimum Gasteiger partial charge on any atom is -0.327 e. The fourth-order valence-electron chi connectivity index (χ4n) is 4.14. The first-order valence-corrected chi connectivity index (χ1v) is 8.17. The highest BCUT2D eigenvalue weighted by Crippen LogP contribution is 2.42. The third-order valence-corrected chi connectivity index (χ3v) is 5.28. The average molecular weight is 290 g/mol. The van der Waals surface area contributed by atoms with Crippen molar-refractivity contribution >= 4 is 11.6 Å². The van der Waals surface area contributed by atoms with Gasteiger partial charge in [0.1, 0.15) is 0 Å². The topological polar surface area (TPSA) is 72.9 Å². The third-order valence-electron chi connectivity index (χ3n) is 5.28. The van der Waals surface area contributed by atoms with Gasteiger partial charge in [0.25, 0.3) is 0 Å². The SMILES string of the molecule is CCc1nn(C)cc1NC(=O)C1CC2CCCC(C1)C2N. The Hall–Kier alpha value is -1.36. The molecule has 0 aliphatic heterocycles. The second kappa shape index (κ2) is 5.79. The third kappa shape index (κ3) is 2.84. The predicted molar refractivity (Wildman–Crippen MR) is 82.7 cm³/mol. The van der Waals surface area contributed by atoms with E-state index in [1.165, 1.54) is 19.3 Å². The smallest absolute Gasteiger partial charge is 0.227 e. The van der Waals surface area contributed by atoms with Crippen molar-refractivity contribution in [2.75, 3.05) is 5.32 Å². The Morgan fingerprint density at radius 1 is 1.43 bits per heavy atom. The molecule has 1 aromatic heterocycles. The van der Waals surface area contributed by atoms with Crippen LogP contribution in [0.5, 0.6) is 0 Å². The molecule has 1 amide bonds. The number of amides is 1. The van der Waals surface area contributed by atoms with Crippen molar-refractivity contribution < 1.29 is 4.79 Å². The summed E-state index contributed by atoms with van der Waals surface area (Å²) in [4.78, 5) is 12.6. The molecule has 0 spiro atoms. The van der Waals surface area contributed by atoms with Crippen LogP contribution in [0.4, 0.5) is 5.69 Å². The van der Waals surface area contributed by atoms with Gasteiger partial charge >= 0.3 is 0 Å². The van der Waals surface area contributed by atoms with Crippen LogP contribution < -0.4 is 11.1 Å². The van der Waals surface area contributed by atoms with Gasteiger partial charge in [-0.25, -0.2) is 0 Å². The van der Waals surface area contributed by atoms with Gasteiger partial charge in [-0.15, -0.1) is 0 Å². The molecule has 2 unspecified atom stereocenters. The molecule has 116 valence electrons. The lowest BCUT2D eigenvalue weighted by atomic mass is 9.65. The Bertz CT molecular complexity index is 510. The van der Waals surface area contributed by atoms with Crippen LogP contribution in [0.1, 0.15) is 44.7 Å². The zero-order chi connectivity index (χ0) is 15.0. The fourth-order valence-corrected chi connectivity index (χ4v) is 4.14. The quantitative estimate of drug-likeness (QED) is 0.895. The Morgan fingerprint density at radius 3 is 2.71 bits per heavy atom. The summed E-state index contributed by atoms with van der Waals surface area (Å²) in [6.45, 7) is 2.06. The maximum Gasteiger partial charge on any atom is 0.227 e. The van der Waals surface area contributed by atoms with Gasteiger partial charge in [-0.3, -0.25) is 9.48 Å². The molecule has 5 nitrogen and oxygen atoms in total. The lowest BCUT2D eigenvalue weighted by Crippen LogP contribution is -2.48. The van der Waals surface area contributed by atoms with E-state index in [1.54, 1.807) is 4.68 Å². The second-order valence-corrected chi connectivity index (χ2v) is 6.70. The normalized spacial score (nSPS) is 32.0. The maximum absolute atomic E-state index is 12.6. The molecule has 2 fully saturated rings. The standard InChI is InChI=1S/C16H26N4O/c1-3-13-14(9-20(2)19-13)18-16(21)12-7-10-5-4-6-11(8-12)15(10)17/h9-12,15H,3-8,17H2,1-2H3,(H,18,21). The van der Waals surface area contributed by atoms with Gasteiger partial charge in [0.15, 0.2) is 0 Å². The summed E-state index contributed by atoms with van der Waals surface area (Å²) in [5.74, 6) is 1.34. The van der Waals surface area contributed by atoms with Gasteiger partial charge < -0.3 is 11.1 Å². The number of carbonyl (C=O) groups is 1. The van der Waals surface area contributed by atoms with Crippen LogP contribution in [0.3, 0.4) is 0 Å². The molecule has 5 heteroatoms. The summed E-state index contributed by atoms with van der Waals surface area (Å²) in [5, 5.41) is 7.47. The number of rotatable bonds is 3. The number of aryl methyl sites for hydroxylation is 2. The first-order valence-electron chi connectivity index (χ1n) is 8.17. The highest BCUT2D eigenvalue weighted by atomic mass is 16.1. The van der Waals surface area contributed by atoms with Crippen molar-refractivity contribution in [3.05, 3.63) is 11.9 Å². The Kier molecular flexibility index (Phi) is 4.02. The summed E-state index contributed by atoms with van der Waals surface area (Å²) in [7, 11) is 1.89. The molecule has 21 heavy (non-hydrogen) atoms. The Labute approximate surface area is 126 Å². The molecule has 2 aliphatic rings. The number of anilines is 1. The molecule has 0 radical (unpaired) electrons. The molecule has 0 saturated heterocycles. The Balaban J connectivity index is 1.68. The molecule has 3 rings (SSSR count). The van der Waals surface area contributed by atoms with Crippen LogP contribution in [0.25, 0.3) is 0 Å². The van der Waals surface area contributed by atoms with Crippen molar-refractivity contribution in [1.29, 1.82) is 0 Å². The minimum absolute atomic E-state index is 0.116. The number of hydrogen-bond donors (Lipinski definition) is 2. The molecule has 2 bridgehead atoms. The van der Waals surface area contributed by atoms with Crippen molar-refractivity contribution in [2.45, 2.75) is 51.5 Å². The summed E-state index contributed by atoms with van der Waals surface area (Å²) in [5.41, 5.74) is 8.13. The van der Waals surface area contributed by atoms with Crippen molar-refractivity contribution in [3.63, 3.8) is 0 Å². The van der Waals surface area contributed by atoms with E-state index in [1.807, 2.05) is 13.2 Å². The minimum atomic E-state index is 0.116. The molecule has 2 saturated carbocycles. The zero-order valence-corrected chi connectivity index (χ0v) is 13.0. The number of aromatic nitrogens is 2. The van der Waals surface area contributed by atoms with E-state index in [0.717, 1.165) is 30.6 Å². The van der Waals surface area contributed by atoms with E-state index < -0.39 is 0 Å². The van der Waals surface area contributed by atoms with Gasteiger partial charge in [0.2, 0.25) is 5.91 Å². The van der Waals surface area contributed by atoms with Crippen molar-refractivity contribution in [1.82, 2.24) is 9.78 Å². The van der Waals surface area contributed by atoms with Crippen LogP contribution in [-0.2, 0) is 18.3 Å². The molecular weight excluding hydrogens is 264 g/mol. The van der Waals surface area contributed by atoms with E-state index in [2.05, 4.69) is 17.3 Å². The highest BCUT2D eigenvalue weighted by molar-refractivity contribution is 5.93. The number of nitrogens with zero attached hydrogens (tertiary/aromatic N) is 2. The van der Waals surface area contributed by atoms with E-state index in [0.29, 0.717) is 17.9 Å². The van der Waals surface area contributed by atoms with Crippen molar-refractivity contribution in [3.8, 4) is 0 Å². The summed E-state index contributed by atoms with van der Waals surface area (Å²) in [6, 6.07) is 0.312. The molecular formula is C16H26N4O. The van der Waals surface area contributed by atoms with Crippen LogP contribution in [-0.4, -0.2) is 21.7 Å². The van der Waals surface area contributed by atoms with Gasteiger partial charge in [-0.05, 0) is 43.9 Å². The van der Waals surface area contributed by atoms with Crippen molar-refractivity contribution in [2.24, 2.45) is 30.5 Å². The van der Waals surface area contributed by atoms with E-state index in [-0.39, 0.29) is 11.8 Å². The van der Waals surface area contributed by atoms with E-state index in [4.69, 9.17) is 5.73 Å². The summed E-state index contributed by atoms with van der Waals surface area (Å²) in [6.07, 6.45) is 8.28. The zero-order valence-electron chi connectivity index (χ0n) is 13.0. The van der Waals surface area contributed by atoms with Gasteiger partial charge in [0.05, 0.1) is 11.4 Å². The molecule has 0 aromatic carbocycles. The maximum atomic E-state index is 12.6. The number of nitrogens with one attached hydrogen (secondary N) is 1. The first kappa shape index (κ1) is 14.6. The predicted octanol–water partition coefficient (Wildman–Crippen LogP) is 2.07. The molecule has 2 aliphatic carbocycles.